The third-order valence-electron chi connectivity index (χ3n) is 2.92. The Morgan fingerprint density at radius 2 is 1.96 bits per heavy atom. The van der Waals surface area contributed by atoms with Gasteiger partial charge >= 0.3 is 12.1 Å². The van der Waals surface area contributed by atoms with Crippen molar-refractivity contribution in [3.8, 4) is 0 Å². The van der Waals surface area contributed by atoms with Gasteiger partial charge in [0, 0.05) is 12.7 Å². The first-order chi connectivity index (χ1) is 11.2. The average Bonchev–Trinajstić information content (AvgIpc) is 2.58. The number of aromatic carboxylic acids is 1. The van der Waals surface area contributed by atoms with Crippen molar-refractivity contribution in [1.82, 2.24) is 10.3 Å². The minimum atomic E-state index is -1.05. The second kappa shape index (κ2) is 8.33. The quantitative estimate of drug-likeness (QED) is 0.856. The molecule has 1 heterocycles. The summed E-state index contributed by atoms with van der Waals surface area (Å²) < 4.78 is 5.05. The minimum absolute atomic E-state index is 0.107. The zero-order valence-electron chi connectivity index (χ0n) is 12.3. The van der Waals surface area contributed by atoms with E-state index in [4.69, 9.17) is 9.84 Å². The average molecular weight is 312 g/mol. The number of hydrogen-bond acceptors (Lipinski definition) is 4. The summed E-state index contributed by atoms with van der Waals surface area (Å²) in [5.41, 5.74) is 1.34. The van der Waals surface area contributed by atoms with Crippen LogP contribution in [0.15, 0.2) is 54.7 Å². The molecule has 118 valence electrons. The van der Waals surface area contributed by atoms with Gasteiger partial charge in [0.2, 0.25) is 0 Å². The van der Waals surface area contributed by atoms with Crippen molar-refractivity contribution in [3.05, 3.63) is 71.6 Å². The van der Waals surface area contributed by atoms with Crippen molar-refractivity contribution < 1.29 is 19.4 Å². The maximum Gasteiger partial charge on any atom is 0.407 e. The van der Waals surface area contributed by atoms with Crippen molar-refractivity contribution in [2.24, 2.45) is 0 Å². The number of aromatic nitrogens is 1. The van der Waals surface area contributed by atoms with Gasteiger partial charge in [0.05, 0.1) is 11.3 Å². The normalized spacial score (nSPS) is 10.4. The van der Waals surface area contributed by atoms with E-state index >= 15 is 0 Å². The van der Waals surface area contributed by atoms with Crippen LogP contribution in [-0.2, 0) is 11.3 Å². The van der Waals surface area contributed by atoms with Crippen LogP contribution in [-0.4, -0.2) is 28.7 Å². The Morgan fingerprint density at radius 1 is 1.17 bits per heavy atom. The number of carboxylic acids is 1. The Balaban J connectivity index is 1.78. The van der Waals surface area contributed by atoms with Crippen LogP contribution in [0.1, 0.15) is 21.6 Å². The van der Waals surface area contributed by atoms with Crippen LogP contribution in [0.2, 0.25) is 0 Å². The number of benzene rings is 1. The van der Waals surface area contributed by atoms with E-state index in [0.29, 0.717) is 5.69 Å². The van der Waals surface area contributed by atoms with E-state index in [0.717, 1.165) is 5.56 Å². The number of pyridine rings is 1. The Morgan fingerprint density at radius 3 is 2.70 bits per heavy atom. The summed E-state index contributed by atoms with van der Waals surface area (Å²) >= 11 is 0. The molecule has 0 aliphatic rings. The molecule has 0 aliphatic heterocycles. The number of carbonyl (C=O) groups excluding carboxylic acids is 1. The lowest BCUT2D eigenvalue weighted by Crippen LogP contribution is -2.24. The first kappa shape index (κ1) is 16.2. The Kier molecular flexibility index (Phi) is 5.88. The summed E-state index contributed by atoms with van der Waals surface area (Å²) in [5.74, 6) is -1.05. The van der Waals surface area contributed by atoms with Crippen LogP contribution in [0.3, 0.4) is 0 Å². The Bertz CT molecular complexity index is 699. The van der Waals surface area contributed by atoms with Crippen molar-refractivity contribution >= 4 is 18.1 Å². The number of nitrogens with zero attached hydrogens (tertiary/aromatic N) is 1. The first-order valence-corrected chi connectivity index (χ1v) is 6.96. The largest absolute Gasteiger partial charge is 0.478 e. The number of hydrogen-bond donors (Lipinski definition) is 2. The maximum absolute atomic E-state index is 11.5. The fraction of sp³-hybridized carbons (Fsp3) is 0.118. The molecule has 2 rings (SSSR count). The highest BCUT2D eigenvalue weighted by Gasteiger charge is 2.07. The lowest BCUT2D eigenvalue weighted by atomic mass is 10.2. The van der Waals surface area contributed by atoms with Gasteiger partial charge in [-0.05, 0) is 23.8 Å². The van der Waals surface area contributed by atoms with Crippen LogP contribution in [0.4, 0.5) is 4.79 Å². The SMILES string of the molecule is O=C(NCC=Cc1ncccc1C(=O)O)OCc1ccccc1. The molecule has 1 amide bonds. The first-order valence-electron chi connectivity index (χ1n) is 6.96. The van der Waals surface area contributed by atoms with Gasteiger partial charge in [-0.15, -0.1) is 0 Å². The maximum atomic E-state index is 11.5. The smallest absolute Gasteiger partial charge is 0.407 e. The summed E-state index contributed by atoms with van der Waals surface area (Å²) in [4.78, 5) is 26.5. The number of nitrogens with one attached hydrogen (secondary N) is 1. The Hall–Kier alpha value is -3.15. The number of alkyl carbamates (subject to hydrolysis) is 1. The van der Waals surface area contributed by atoms with E-state index in [1.807, 2.05) is 30.3 Å². The molecular weight excluding hydrogens is 296 g/mol. The van der Waals surface area contributed by atoms with Crippen molar-refractivity contribution in [1.29, 1.82) is 0 Å². The van der Waals surface area contributed by atoms with Gasteiger partial charge in [-0.2, -0.15) is 0 Å². The molecule has 0 aliphatic carbocycles. The predicted molar refractivity (Wildman–Crippen MR) is 84.9 cm³/mol. The van der Waals surface area contributed by atoms with Gasteiger partial charge < -0.3 is 15.2 Å². The van der Waals surface area contributed by atoms with Crippen molar-refractivity contribution in [3.63, 3.8) is 0 Å². The summed E-state index contributed by atoms with van der Waals surface area (Å²) in [7, 11) is 0. The van der Waals surface area contributed by atoms with Crippen LogP contribution >= 0.6 is 0 Å². The third kappa shape index (κ3) is 5.28. The number of ether oxygens (including phenoxy) is 1. The topological polar surface area (TPSA) is 88.5 Å². The summed E-state index contributed by atoms with van der Waals surface area (Å²) in [5, 5.41) is 11.6. The predicted octanol–water partition coefficient (Wildman–Crippen LogP) is 2.72. The molecule has 6 heteroatoms. The van der Waals surface area contributed by atoms with Gasteiger partial charge in [0.15, 0.2) is 0 Å². The van der Waals surface area contributed by atoms with E-state index in [1.165, 1.54) is 12.3 Å². The van der Waals surface area contributed by atoms with E-state index < -0.39 is 12.1 Å². The summed E-state index contributed by atoms with van der Waals surface area (Å²) in [6.45, 7) is 0.406. The molecule has 1 aromatic heterocycles. The molecule has 6 nitrogen and oxygen atoms in total. The zero-order valence-corrected chi connectivity index (χ0v) is 12.3. The van der Waals surface area contributed by atoms with Crippen LogP contribution in [0.5, 0.6) is 0 Å². The molecule has 0 spiro atoms. The lowest BCUT2D eigenvalue weighted by Gasteiger charge is -2.05. The van der Waals surface area contributed by atoms with Crippen LogP contribution < -0.4 is 5.32 Å². The van der Waals surface area contributed by atoms with Crippen molar-refractivity contribution in [2.45, 2.75) is 6.61 Å². The van der Waals surface area contributed by atoms with Gasteiger partial charge in [-0.3, -0.25) is 4.98 Å². The van der Waals surface area contributed by atoms with Crippen LogP contribution in [0, 0.1) is 0 Å². The molecule has 0 atom stereocenters. The lowest BCUT2D eigenvalue weighted by molar-refractivity contribution is 0.0696. The monoisotopic (exact) mass is 312 g/mol. The van der Waals surface area contributed by atoms with Gasteiger partial charge in [0.1, 0.15) is 6.61 Å². The number of carbonyl (C=O) groups is 2. The molecule has 1 aromatic carbocycles. The van der Waals surface area contributed by atoms with Crippen molar-refractivity contribution in [2.75, 3.05) is 6.54 Å². The molecule has 0 saturated heterocycles. The third-order valence-corrected chi connectivity index (χ3v) is 2.92. The molecule has 0 unspecified atom stereocenters. The molecule has 0 fully saturated rings. The summed E-state index contributed by atoms with van der Waals surface area (Å²) in [6.07, 6.45) is 4.12. The van der Waals surface area contributed by atoms with Gasteiger partial charge in [-0.25, -0.2) is 9.59 Å². The fourth-order valence-electron chi connectivity index (χ4n) is 1.82. The molecule has 0 radical (unpaired) electrons. The summed E-state index contributed by atoms with van der Waals surface area (Å²) in [6, 6.07) is 12.4. The number of amides is 1. The molecule has 0 bridgehead atoms. The minimum Gasteiger partial charge on any atom is -0.478 e. The zero-order chi connectivity index (χ0) is 16.5. The van der Waals surface area contributed by atoms with Gasteiger partial charge in [0.25, 0.3) is 0 Å². The molecule has 0 saturated carbocycles. The standard InChI is InChI=1S/C17H16N2O4/c20-16(21)14-8-4-10-18-15(14)9-5-11-19-17(22)23-12-13-6-2-1-3-7-13/h1-10H,11-12H2,(H,19,22)(H,20,21). The number of carboxylic acid groups (broad SMARTS) is 1. The Labute approximate surface area is 133 Å². The van der Waals surface area contributed by atoms with E-state index in [9.17, 15) is 9.59 Å². The fourth-order valence-corrected chi connectivity index (χ4v) is 1.82. The highest BCUT2D eigenvalue weighted by molar-refractivity contribution is 5.91. The van der Waals surface area contributed by atoms with Crippen LogP contribution in [0.25, 0.3) is 6.08 Å². The highest BCUT2D eigenvalue weighted by atomic mass is 16.5. The second-order valence-corrected chi connectivity index (χ2v) is 4.59. The molecule has 2 N–H and O–H groups in total. The number of rotatable bonds is 6. The molecule has 23 heavy (non-hydrogen) atoms. The van der Waals surface area contributed by atoms with E-state index in [1.54, 1.807) is 18.2 Å². The molecular formula is C17H16N2O4. The van der Waals surface area contributed by atoms with Gasteiger partial charge in [-0.1, -0.05) is 36.4 Å². The van der Waals surface area contributed by atoms with E-state index in [-0.39, 0.29) is 18.7 Å². The highest BCUT2D eigenvalue weighted by Crippen LogP contribution is 2.07. The second-order valence-electron chi connectivity index (χ2n) is 4.59. The molecule has 2 aromatic rings. The van der Waals surface area contributed by atoms with E-state index in [2.05, 4.69) is 10.3 Å².